The largest absolute Gasteiger partial charge is 0.416 e. The lowest BCUT2D eigenvalue weighted by atomic mass is 10.1. The summed E-state index contributed by atoms with van der Waals surface area (Å²) in [7, 11) is 3.37. The number of pyridine rings is 1. The van der Waals surface area contributed by atoms with Crippen LogP contribution in [0.25, 0.3) is 10.9 Å². The molecule has 0 fully saturated rings. The van der Waals surface area contributed by atoms with Gasteiger partial charge in [-0.2, -0.15) is 13.2 Å². The molecule has 1 heterocycles. The third kappa shape index (κ3) is 3.72. The number of hydrogen-bond donors (Lipinski definition) is 1. The number of anilines is 1. The summed E-state index contributed by atoms with van der Waals surface area (Å²) in [6.45, 7) is 2.24. The predicted molar refractivity (Wildman–Crippen MR) is 83.2 cm³/mol. The highest BCUT2D eigenvalue weighted by atomic mass is 19.4. The summed E-state index contributed by atoms with van der Waals surface area (Å²) >= 11 is 0. The Labute approximate surface area is 132 Å². The number of fused-ring (bicyclic) bond motifs is 1. The molecule has 7 heteroatoms. The van der Waals surface area contributed by atoms with Crippen LogP contribution in [0.1, 0.15) is 12.5 Å². The maximum absolute atomic E-state index is 12.8. The molecule has 1 N–H and O–H groups in total. The van der Waals surface area contributed by atoms with Crippen molar-refractivity contribution in [3.8, 4) is 0 Å². The van der Waals surface area contributed by atoms with Gasteiger partial charge in [-0.25, -0.2) is 0 Å². The first-order valence-corrected chi connectivity index (χ1v) is 7.12. The predicted octanol–water partition coefficient (Wildman–Crippen LogP) is 3.07. The zero-order valence-electron chi connectivity index (χ0n) is 13.1. The van der Waals surface area contributed by atoms with Gasteiger partial charge in [0.1, 0.15) is 0 Å². The SMILES string of the molecule is CNC(=O)C(C)CN(C)c1ccnc2cc(C(F)(F)F)ccc12. The van der Waals surface area contributed by atoms with E-state index in [4.69, 9.17) is 0 Å². The van der Waals surface area contributed by atoms with Gasteiger partial charge in [-0.1, -0.05) is 13.0 Å². The van der Waals surface area contributed by atoms with E-state index in [2.05, 4.69) is 10.3 Å². The second kappa shape index (κ2) is 6.44. The Morgan fingerprint density at radius 2 is 2.04 bits per heavy atom. The van der Waals surface area contributed by atoms with Crippen LogP contribution in [0.3, 0.4) is 0 Å². The fourth-order valence-corrected chi connectivity index (χ4v) is 2.48. The summed E-state index contributed by atoms with van der Waals surface area (Å²) in [4.78, 5) is 17.5. The first kappa shape index (κ1) is 17.1. The lowest BCUT2D eigenvalue weighted by Gasteiger charge is -2.24. The molecular weight excluding hydrogens is 307 g/mol. The van der Waals surface area contributed by atoms with Gasteiger partial charge in [-0.15, -0.1) is 0 Å². The molecule has 0 radical (unpaired) electrons. The monoisotopic (exact) mass is 325 g/mol. The third-order valence-corrected chi connectivity index (χ3v) is 3.70. The maximum Gasteiger partial charge on any atom is 0.416 e. The number of nitrogens with zero attached hydrogens (tertiary/aromatic N) is 2. The molecular formula is C16H18F3N3O. The fraction of sp³-hybridized carbons (Fsp3) is 0.375. The quantitative estimate of drug-likeness (QED) is 0.940. The number of nitrogens with one attached hydrogen (secondary N) is 1. The zero-order chi connectivity index (χ0) is 17.2. The molecule has 0 saturated heterocycles. The van der Waals surface area contributed by atoms with Crippen molar-refractivity contribution in [2.75, 3.05) is 25.5 Å². The summed E-state index contributed by atoms with van der Waals surface area (Å²) in [6, 6.07) is 5.23. The molecule has 1 unspecified atom stereocenters. The molecule has 0 saturated carbocycles. The van der Waals surface area contributed by atoms with E-state index >= 15 is 0 Å². The summed E-state index contributed by atoms with van der Waals surface area (Å²) in [5.41, 5.74) is 0.285. The molecule has 23 heavy (non-hydrogen) atoms. The Balaban J connectivity index is 2.36. The number of alkyl halides is 3. The number of carbonyl (C=O) groups is 1. The molecule has 124 valence electrons. The number of benzene rings is 1. The summed E-state index contributed by atoms with van der Waals surface area (Å²) < 4.78 is 38.4. The highest BCUT2D eigenvalue weighted by molar-refractivity contribution is 5.92. The van der Waals surface area contributed by atoms with Crippen LogP contribution >= 0.6 is 0 Å². The number of carbonyl (C=O) groups excluding carboxylic acids is 1. The van der Waals surface area contributed by atoms with Gasteiger partial charge < -0.3 is 10.2 Å². The minimum absolute atomic E-state index is 0.0884. The molecule has 1 aromatic heterocycles. The van der Waals surface area contributed by atoms with Gasteiger partial charge in [0.25, 0.3) is 0 Å². The molecule has 2 aromatic rings. The van der Waals surface area contributed by atoms with Crippen molar-refractivity contribution in [1.82, 2.24) is 10.3 Å². The van der Waals surface area contributed by atoms with Crippen molar-refractivity contribution in [3.05, 3.63) is 36.0 Å². The molecule has 4 nitrogen and oxygen atoms in total. The summed E-state index contributed by atoms with van der Waals surface area (Å²) in [6.07, 6.45) is -2.93. The van der Waals surface area contributed by atoms with E-state index in [-0.39, 0.29) is 17.3 Å². The molecule has 0 bridgehead atoms. The van der Waals surface area contributed by atoms with Gasteiger partial charge >= 0.3 is 6.18 Å². The van der Waals surface area contributed by atoms with Crippen LogP contribution in [-0.2, 0) is 11.0 Å². The van der Waals surface area contributed by atoms with Crippen molar-refractivity contribution in [2.45, 2.75) is 13.1 Å². The van der Waals surface area contributed by atoms with E-state index in [1.807, 2.05) is 4.90 Å². The van der Waals surface area contributed by atoms with E-state index in [1.54, 1.807) is 27.1 Å². The Hall–Kier alpha value is -2.31. The lowest BCUT2D eigenvalue weighted by Crippen LogP contribution is -2.34. The Morgan fingerprint density at radius 1 is 1.35 bits per heavy atom. The molecule has 0 aliphatic carbocycles. The first-order valence-electron chi connectivity index (χ1n) is 7.12. The Bertz CT molecular complexity index is 715. The third-order valence-electron chi connectivity index (χ3n) is 3.70. The fourth-order valence-electron chi connectivity index (χ4n) is 2.48. The van der Waals surface area contributed by atoms with Gasteiger partial charge in [0.2, 0.25) is 5.91 Å². The van der Waals surface area contributed by atoms with E-state index in [0.717, 1.165) is 17.8 Å². The smallest absolute Gasteiger partial charge is 0.373 e. The highest BCUT2D eigenvalue weighted by Gasteiger charge is 2.30. The van der Waals surface area contributed by atoms with Crippen LogP contribution in [-0.4, -0.2) is 31.5 Å². The van der Waals surface area contributed by atoms with Crippen LogP contribution < -0.4 is 10.2 Å². The average Bonchev–Trinajstić information content (AvgIpc) is 2.51. The van der Waals surface area contributed by atoms with Crippen molar-refractivity contribution in [3.63, 3.8) is 0 Å². The normalized spacial score (nSPS) is 13.0. The molecule has 1 atom stereocenters. The number of hydrogen-bond acceptors (Lipinski definition) is 3. The second-order valence-electron chi connectivity index (χ2n) is 5.46. The number of rotatable bonds is 4. The van der Waals surface area contributed by atoms with Crippen molar-refractivity contribution >= 4 is 22.5 Å². The molecule has 1 aromatic carbocycles. The summed E-state index contributed by atoms with van der Waals surface area (Å²) in [5, 5.41) is 3.20. The van der Waals surface area contributed by atoms with Gasteiger partial charge in [-0.05, 0) is 18.2 Å². The number of halogens is 3. The van der Waals surface area contributed by atoms with Gasteiger partial charge in [0.05, 0.1) is 17.0 Å². The highest BCUT2D eigenvalue weighted by Crippen LogP contribution is 2.33. The number of aromatic nitrogens is 1. The Morgan fingerprint density at radius 3 is 2.65 bits per heavy atom. The lowest BCUT2D eigenvalue weighted by molar-refractivity contribution is -0.137. The molecule has 2 rings (SSSR count). The van der Waals surface area contributed by atoms with Gasteiger partial charge in [-0.3, -0.25) is 9.78 Å². The van der Waals surface area contributed by atoms with Crippen LogP contribution in [0.4, 0.5) is 18.9 Å². The standard InChI is InChI=1S/C16H18F3N3O/c1-10(15(23)20-2)9-22(3)14-6-7-21-13-8-11(16(17,18)19)4-5-12(13)14/h4-8,10H,9H2,1-3H3,(H,20,23). The van der Waals surface area contributed by atoms with E-state index in [0.29, 0.717) is 11.9 Å². The zero-order valence-corrected chi connectivity index (χ0v) is 13.1. The number of amides is 1. The van der Waals surface area contributed by atoms with Crippen LogP contribution in [0.2, 0.25) is 0 Å². The average molecular weight is 325 g/mol. The maximum atomic E-state index is 12.8. The van der Waals surface area contributed by atoms with Crippen LogP contribution in [0.15, 0.2) is 30.5 Å². The minimum Gasteiger partial charge on any atom is -0.373 e. The molecule has 1 amide bonds. The van der Waals surface area contributed by atoms with Gasteiger partial charge in [0, 0.05) is 37.9 Å². The topological polar surface area (TPSA) is 45.2 Å². The molecule has 0 aliphatic heterocycles. The summed E-state index contributed by atoms with van der Waals surface area (Å²) in [5.74, 6) is -0.336. The van der Waals surface area contributed by atoms with Crippen molar-refractivity contribution in [1.29, 1.82) is 0 Å². The van der Waals surface area contributed by atoms with E-state index in [1.165, 1.54) is 12.3 Å². The van der Waals surface area contributed by atoms with Gasteiger partial charge in [0.15, 0.2) is 0 Å². The van der Waals surface area contributed by atoms with E-state index in [9.17, 15) is 18.0 Å². The second-order valence-corrected chi connectivity index (χ2v) is 5.46. The molecule has 0 aliphatic rings. The first-order chi connectivity index (χ1) is 10.7. The minimum atomic E-state index is -4.40. The van der Waals surface area contributed by atoms with Crippen LogP contribution in [0.5, 0.6) is 0 Å². The van der Waals surface area contributed by atoms with Crippen LogP contribution in [0, 0.1) is 5.92 Å². The van der Waals surface area contributed by atoms with Crippen molar-refractivity contribution < 1.29 is 18.0 Å². The van der Waals surface area contributed by atoms with Crippen molar-refractivity contribution in [2.24, 2.45) is 5.92 Å². The Kier molecular flexibility index (Phi) is 4.77. The molecule has 0 spiro atoms. The van der Waals surface area contributed by atoms with E-state index < -0.39 is 11.7 Å².